The summed E-state index contributed by atoms with van der Waals surface area (Å²) in [6, 6.07) is 6.05. The lowest BCUT2D eigenvalue weighted by molar-refractivity contribution is 0.0956. The fourth-order valence-electron chi connectivity index (χ4n) is 3.60. The Labute approximate surface area is 181 Å². The van der Waals surface area contributed by atoms with Gasteiger partial charge in [-0.1, -0.05) is 15.9 Å². The Balaban J connectivity index is 1.79. The summed E-state index contributed by atoms with van der Waals surface area (Å²) in [6.07, 6.45) is 6.49. The molecule has 1 aliphatic carbocycles. The number of nitrogens with zero attached hydrogens (tertiary/aromatic N) is 4. The summed E-state index contributed by atoms with van der Waals surface area (Å²) in [7, 11) is 3.48. The first-order valence-electron chi connectivity index (χ1n) is 9.26. The Morgan fingerprint density at radius 3 is 2.90 bits per heavy atom. The van der Waals surface area contributed by atoms with Crippen LogP contribution in [0.3, 0.4) is 0 Å². The summed E-state index contributed by atoms with van der Waals surface area (Å²) < 4.78 is 2.78. The largest absolute Gasteiger partial charge is 0.354 e. The number of aromatic nitrogens is 4. The minimum Gasteiger partial charge on any atom is -0.354 e. The van der Waals surface area contributed by atoms with Gasteiger partial charge in [-0.3, -0.25) is 9.48 Å². The SMILES string of the molecule is CNC(=O)c1nn(C)c2c1CCCc1cnc(Nc3ccc(Br)cc3SC)nc1-2. The van der Waals surface area contributed by atoms with Crippen molar-refractivity contribution in [2.45, 2.75) is 24.2 Å². The average molecular weight is 473 g/mol. The van der Waals surface area contributed by atoms with E-state index in [1.165, 1.54) is 0 Å². The number of carbonyl (C=O) groups excluding carboxylic acids is 1. The van der Waals surface area contributed by atoms with E-state index in [-0.39, 0.29) is 5.91 Å². The first-order chi connectivity index (χ1) is 14.0. The topological polar surface area (TPSA) is 84.7 Å². The third-order valence-corrected chi connectivity index (χ3v) is 6.23. The van der Waals surface area contributed by atoms with E-state index < -0.39 is 0 Å². The summed E-state index contributed by atoms with van der Waals surface area (Å²) in [5.74, 6) is 0.356. The number of anilines is 2. The average Bonchev–Trinajstić information content (AvgIpc) is 2.93. The van der Waals surface area contributed by atoms with Crippen molar-refractivity contribution in [2.75, 3.05) is 18.6 Å². The number of fused-ring (bicyclic) bond motifs is 3. The molecule has 1 aromatic carbocycles. The standard InChI is InChI=1S/C20H21BrN6OS/c1-22-19(28)17-13-6-4-5-11-10-23-20(25-16(11)18(13)27(2)26-17)24-14-8-7-12(21)9-15(14)29-3/h7-10H,4-6H2,1-3H3,(H,22,28)(H,23,24,25). The maximum atomic E-state index is 12.3. The zero-order valence-electron chi connectivity index (χ0n) is 16.4. The first kappa shape index (κ1) is 19.9. The highest BCUT2D eigenvalue weighted by molar-refractivity contribution is 9.10. The van der Waals surface area contributed by atoms with Gasteiger partial charge in [0, 0.05) is 35.2 Å². The highest BCUT2D eigenvalue weighted by Crippen LogP contribution is 2.34. The van der Waals surface area contributed by atoms with Gasteiger partial charge in [0.15, 0.2) is 5.69 Å². The van der Waals surface area contributed by atoms with Crippen LogP contribution in [0.25, 0.3) is 11.4 Å². The molecule has 9 heteroatoms. The minimum absolute atomic E-state index is 0.169. The van der Waals surface area contributed by atoms with Gasteiger partial charge in [0.2, 0.25) is 5.95 Å². The molecule has 7 nitrogen and oxygen atoms in total. The molecule has 0 unspecified atom stereocenters. The van der Waals surface area contributed by atoms with Crippen molar-refractivity contribution in [3.8, 4) is 11.4 Å². The molecule has 2 N–H and O–H groups in total. The van der Waals surface area contributed by atoms with E-state index >= 15 is 0 Å². The van der Waals surface area contributed by atoms with Crippen LogP contribution in [0.4, 0.5) is 11.6 Å². The predicted molar refractivity (Wildman–Crippen MR) is 119 cm³/mol. The summed E-state index contributed by atoms with van der Waals surface area (Å²) >= 11 is 5.17. The van der Waals surface area contributed by atoms with Gasteiger partial charge >= 0.3 is 0 Å². The van der Waals surface area contributed by atoms with Crippen LogP contribution in [0, 0.1) is 0 Å². The molecule has 3 aromatic rings. The van der Waals surface area contributed by atoms with Gasteiger partial charge in [-0.15, -0.1) is 11.8 Å². The molecular weight excluding hydrogens is 452 g/mol. The first-order valence-corrected chi connectivity index (χ1v) is 11.3. The third-order valence-electron chi connectivity index (χ3n) is 4.96. The molecule has 0 saturated carbocycles. The van der Waals surface area contributed by atoms with Gasteiger partial charge in [-0.2, -0.15) is 5.10 Å². The van der Waals surface area contributed by atoms with E-state index in [0.29, 0.717) is 11.6 Å². The second kappa shape index (κ2) is 8.16. The lowest BCUT2D eigenvalue weighted by atomic mass is 10.1. The van der Waals surface area contributed by atoms with E-state index in [4.69, 9.17) is 4.98 Å². The molecule has 4 rings (SSSR count). The van der Waals surface area contributed by atoms with Crippen LogP contribution in [0.1, 0.15) is 28.0 Å². The van der Waals surface area contributed by atoms with Crippen molar-refractivity contribution in [1.82, 2.24) is 25.1 Å². The highest BCUT2D eigenvalue weighted by Gasteiger charge is 2.27. The number of hydrogen-bond donors (Lipinski definition) is 2. The fraction of sp³-hybridized carbons (Fsp3) is 0.300. The summed E-state index contributed by atoms with van der Waals surface area (Å²) in [5.41, 5.74) is 5.17. The molecule has 29 heavy (non-hydrogen) atoms. The summed E-state index contributed by atoms with van der Waals surface area (Å²) in [5, 5.41) is 10.5. The molecule has 2 aromatic heterocycles. The van der Waals surface area contributed by atoms with Crippen LogP contribution in [0.2, 0.25) is 0 Å². The Hall–Kier alpha value is -2.39. The van der Waals surface area contributed by atoms with Crippen molar-refractivity contribution in [3.05, 3.63) is 45.7 Å². The molecule has 0 radical (unpaired) electrons. The number of carbonyl (C=O) groups is 1. The third kappa shape index (κ3) is 3.76. The lowest BCUT2D eigenvalue weighted by Crippen LogP contribution is -2.20. The molecule has 2 heterocycles. The van der Waals surface area contributed by atoms with Crippen LogP contribution < -0.4 is 10.6 Å². The second-order valence-corrected chi connectivity index (χ2v) is 8.53. The molecule has 0 spiro atoms. The predicted octanol–water partition coefficient (Wildman–Crippen LogP) is 3.95. The smallest absolute Gasteiger partial charge is 0.271 e. The maximum absolute atomic E-state index is 12.3. The lowest BCUT2D eigenvalue weighted by Gasteiger charge is -2.12. The number of thioether (sulfide) groups is 1. The van der Waals surface area contributed by atoms with Gasteiger partial charge in [0.05, 0.1) is 17.1 Å². The van der Waals surface area contributed by atoms with Crippen molar-refractivity contribution in [2.24, 2.45) is 7.05 Å². The number of benzene rings is 1. The number of amides is 1. The van der Waals surface area contributed by atoms with Crippen molar-refractivity contribution >= 4 is 45.2 Å². The number of halogens is 1. The van der Waals surface area contributed by atoms with Gasteiger partial charge in [0.1, 0.15) is 0 Å². The van der Waals surface area contributed by atoms with Crippen molar-refractivity contribution in [3.63, 3.8) is 0 Å². The van der Waals surface area contributed by atoms with Crippen molar-refractivity contribution < 1.29 is 4.79 Å². The van der Waals surface area contributed by atoms with Gasteiger partial charge in [-0.05, 0) is 49.3 Å². The van der Waals surface area contributed by atoms with Crippen LogP contribution in [0.5, 0.6) is 0 Å². The molecule has 0 fully saturated rings. The molecule has 1 aliphatic rings. The van der Waals surface area contributed by atoms with E-state index in [9.17, 15) is 4.79 Å². The zero-order valence-corrected chi connectivity index (χ0v) is 18.8. The maximum Gasteiger partial charge on any atom is 0.271 e. The fourth-order valence-corrected chi connectivity index (χ4v) is 4.70. The minimum atomic E-state index is -0.169. The molecular formula is C20H21BrN6OS. The Morgan fingerprint density at radius 1 is 1.31 bits per heavy atom. The van der Waals surface area contributed by atoms with Crippen LogP contribution in [-0.4, -0.2) is 39.0 Å². The normalized spacial score (nSPS) is 12.7. The molecule has 1 amide bonds. The number of hydrogen-bond acceptors (Lipinski definition) is 6. The van der Waals surface area contributed by atoms with Gasteiger partial charge in [0.25, 0.3) is 5.91 Å². The number of aryl methyl sites for hydroxylation is 2. The van der Waals surface area contributed by atoms with E-state index in [1.807, 2.05) is 31.6 Å². The molecule has 0 bridgehead atoms. The summed E-state index contributed by atoms with van der Waals surface area (Å²) in [4.78, 5) is 22.8. The molecule has 150 valence electrons. The van der Waals surface area contributed by atoms with E-state index in [1.54, 1.807) is 23.5 Å². The Bertz CT molecular complexity index is 1100. The van der Waals surface area contributed by atoms with Crippen LogP contribution in [-0.2, 0) is 19.9 Å². The van der Waals surface area contributed by atoms with Gasteiger partial charge < -0.3 is 10.6 Å². The highest BCUT2D eigenvalue weighted by atomic mass is 79.9. The van der Waals surface area contributed by atoms with E-state index in [0.717, 1.165) is 56.8 Å². The quantitative estimate of drug-likeness (QED) is 0.559. The zero-order chi connectivity index (χ0) is 20.5. The molecule has 0 atom stereocenters. The van der Waals surface area contributed by atoms with E-state index in [2.05, 4.69) is 42.7 Å². The van der Waals surface area contributed by atoms with Crippen LogP contribution >= 0.6 is 27.7 Å². The monoisotopic (exact) mass is 472 g/mol. The Morgan fingerprint density at radius 2 is 2.14 bits per heavy atom. The number of nitrogens with one attached hydrogen (secondary N) is 2. The van der Waals surface area contributed by atoms with Gasteiger partial charge in [-0.25, -0.2) is 9.97 Å². The second-order valence-electron chi connectivity index (χ2n) is 6.77. The number of rotatable bonds is 4. The summed E-state index contributed by atoms with van der Waals surface area (Å²) in [6.45, 7) is 0. The molecule has 0 saturated heterocycles. The van der Waals surface area contributed by atoms with Crippen molar-refractivity contribution in [1.29, 1.82) is 0 Å². The van der Waals surface area contributed by atoms with Crippen LogP contribution in [0.15, 0.2) is 33.8 Å². The molecule has 0 aliphatic heterocycles. The Kier molecular flexibility index (Phi) is 5.60.